The summed E-state index contributed by atoms with van der Waals surface area (Å²) in [7, 11) is 0. The van der Waals surface area contributed by atoms with Crippen molar-refractivity contribution in [2.24, 2.45) is 0 Å². The molecule has 3 heterocycles. The van der Waals surface area contributed by atoms with Gasteiger partial charge < -0.3 is 4.52 Å². The number of anilines is 1. The fourth-order valence-corrected chi connectivity index (χ4v) is 3.72. The van der Waals surface area contributed by atoms with E-state index in [1.54, 1.807) is 29.4 Å². The number of rotatable bonds is 8. The second-order valence-corrected chi connectivity index (χ2v) is 7.26. The molecule has 7 nitrogen and oxygen atoms in total. The predicted molar refractivity (Wildman–Crippen MR) is 116 cm³/mol. The number of carbonyl (C=O) groups is 1. The van der Waals surface area contributed by atoms with Crippen molar-refractivity contribution in [3.05, 3.63) is 78.8 Å². The van der Waals surface area contributed by atoms with Gasteiger partial charge in [0, 0.05) is 48.3 Å². The van der Waals surface area contributed by atoms with Gasteiger partial charge in [-0.05, 0) is 12.1 Å². The summed E-state index contributed by atoms with van der Waals surface area (Å²) >= 11 is 1.43. The molecule has 0 aliphatic carbocycles. The van der Waals surface area contributed by atoms with Crippen LogP contribution in [0.5, 0.6) is 0 Å². The summed E-state index contributed by atoms with van der Waals surface area (Å²) in [6.45, 7) is 4.15. The number of amides is 1. The van der Waals surface area contributed by atoms with Crippen molar-refractivity contribution in [1.82, 2.24) is 20.1 Å². The number of carbonyl (C=O) groups excluding carboxylic acids is 1. The molecule has 4 rings (SSSR count). The van der Waals surface area contributed by atoms with Crippen LogP contribution in [0.4, 0.5) is 5.13 Å². The highest BCUT2D eigenvalue weighted by Gasteiger charge is 2.20. The normalized spacial score (nSPS) is 10.7. The molecule has 3 aromatic heterocycles. The van der Waals surface area contributed by atoms with Gasteiger partial charge >= 0.3 is 0 Å². The van der Waals surface area contributed by atoms with E-state index in [1.165, 1.54) is 11.3 Å². The predicted octanol–water partition coefficient (Wildman–Crippen LogP) is 4.41. The molecule has 1 aromatic carbocycles. The first kappa shape index (κ1) is 19.7. The lowest BCUT2D eigenvalue weighted by Gasteiger charge is -2.17. The lowest BCUT2D eigenvalue weighted by Crippen LogP contribution is -2.31. The van der Waals surface area contributed by atoms with Crippen LogP contribution < -0.4 is 4.90 Å². The molecule has 0 fully saturated rings. The van der Waals surface area contributed by atoms with Crippen LogP contribution in [0.15, 0.2) is 77.4 Å². The van der Waals surface area contributed by atoms with Gasteiger partial charge in [0.2, 0.25) is 17.6 Å². The average Bonchev–Trinajstić information content (AvgIpc) is 3.47. The lowest BCUT2D eigenvalue weighted by atomic mass is 10.2. The molecular formula is C22H19N5O2S. The Bertz CT molecular complexity index is 1120. The van der Waals surface area contributed by atoms with E-state index in [1.807, 2.05) is 41.8 Å². The Balaban J connectivity index is 1.44. The van der Waals surface area contributed by atoms with E-state index in [4.69, 9.17) is 4.52 Å². The molecule has 0 spiro atoms. The third-order valence-electron chi connectivity index (χ3n) is 4.35. The molecule has 0 aliphatic rings. The van der Waals surface area contributed by atoms with Crippen molar-refractivity contribution in [1.29, 1.82) is 0 Å². The van der Waals surface area contributed by atoms with Crippen molar-refractivity contribution in [3.8, 4) is 22.6 Å². The van der Waals surface area contributed by atoms with Crippen LogP contribution >= 0.6 is 11.3 Å². The first-order valence-electron chi connectivity index (χ1n) is 9.40. The van der Waals surface area contributed by atoms with E-state index in [-0.39, 0.29) is 12.3 Å². The van der Waals surface area contributed by atoms with Gasteiger partial charge in [-0.3, -0.25) is 14.7 Å². The lowest BCUT2D eigenvalue weighted by molar-refractivity contribution is -0.118. The Kier molecular flexibility index (Phi) is 6.05. The summed E-state index contributed by atoms with van der Waals surface area (Å²) in [4.78, 5) is 27.5. The SMILES string of the molecule is C=CCN(C(=O)CCc1nc(-c2cccnc2)no1)c1nc(-c2ccccc2)cs1. The van der Waals surface area contributed by atoms with Gasteiger partial charge in [0.05, 0.1) is 5.69 Å². The van der Waals surface area contributed by atoms with Gasteiger partial charge in [-0.15, -0.1) is 17.9 Å². The van der Waals surface area contributed by atoms with Crippen LogP contribution in [0.2, 0.25) is 0 Å². The van der Waals surface area contributed by atoms with Crippen molar-refractivity contribution < 1.29 is 9.32 Å². The average molecular weight is 417 g/mol. The summed E-state index contributed by atoms with van der Waals surface area (Å²) < 4.78 is 5.28. The Morgan fingerprint density at radius 3 is 2.73 bits per heavy atom. The minimum Gasteiger partial charge on any atom is -0.339 e. The maximum atomic E-state index is 12.9. The highest BCUT2D eigenvalue weighted by atomic mass is 32.1. The molecule has 0 N–H and O–H groups in total. The van der Waals surface area contributed by atoms with Gasteiger partial charge in [-0.1, -0.05) is 41.6 Å². The van der Waals surface area contributed by atoms with Gasteiger partial charge in [-0.25, -0.2) is 4.98 Å². The number of benzene rings is 1. The summed E-state index contributed by atoms with van der Waals surface area (Å²) in [5.74, 6) is 0.788. The number of hydrogen-bond donors (Lipinski definition) is 0. The quantitative estimate of drug-likeness (QED) is 0.395. The maximum Gasteiger partial charge on any atom is 0.229 e. The third-order valence-corrected chi connectivity index (χ3v) is 5.21. The smallest absolute Gasteiger partial charge is 0.229 e. The zero-order chi connectivity index (χ0) is 20.8. The molecule has 0 aliphatic heterocycles. The van der Waals surface area contributed by atoms with Crippen LogP contribution in [-0.4, -0.2) is 32.6 Å². The molecule has 0 atom stereocenters. The van der Waals surface area contributed by atoms with E-state index in [0.717, 1.165) is 16.8 Å². The largest absolute Gasteiger partial charge is 0.339 e. The fourth-order valence-electron chi connectivity index (χ4n) is 2.86. The molecule has 1 amide bonds. The summed E-state index contributed by atoms with van der Waals surface area (Å²) in [5, 5.41) is 6.55. The van der Waals surface area contributed by atoms with Crippen LogP contribution in [-0.2, 0) is 11.2 Å². The highest BCUT2D eigenvalue weighted by Crippen LogP contribution is 2.28. The zero-order valence-electron chi connectivity index (χ0n) is 16.1. The molecule has 4 aromatic rings. The zero-order valence-corrected chi connectivity index (χ0v) is 17.0. The van der Waals surface area contributed by atoms with Crippen LogP contribution in [0.25, 0.3) is 22.6 Å². The number of nitrogens with zero attached hydrogens (tertiary/aromatic N) is 5. The summed E-state index contributed by atoms with van der Waals surface area (Å²) in [6.07, 6.45) is 5.60. The molecule has 0 unspecified atom stereocenters. The van der Waals surface area contributed by atoms with Gasteiger partial charge in [0.15, 0.2) is 5.13 Å². The first-order valence-corrected chi connectivity index (χ1v) is 10.3. The monoisotopic (exact) mass is 417 g/mol. The fraction of sp³-hybridized carbons (Fsp3) is 0.136. The minimum atomic E-state index is -0.0787. The molecule has 0 bridgehead atoms. The van der Waals surface area contributed by atoms with Crippen molar-refractivity contribution in [3.63, 3.8) is 0 Å². The van der Waals surface area contributed by atoms with E-state index in [9.17, 15) is 4.79 Å². The molecule has 8 heteroatoms. The third kappa shape index (κ3) is 4.49. The summed E-state index contributed by atoms with van der Waals surface area (Å²) in [5.41, 5.74) is 2.62. The minimum absolute atomic E-state index is 0.0787. The summed E-state index contributed by atoms with van der Waals surface area (Å²) in [6, 6.07) is 13.5. The number of hydrogen-bond acceptors (Lipinski definition) is 7. The first-order chi connectivity index (χ1) is 14.7. The van der Waals surface area contributed by atoms with Crippen molar-refractivity contribution >= 4 is 22.4 Å². The molecule has 0 saturated carbocycles. The van der Waals surface area contributed by atoms with Crippen LogP contribution in [0.3, 0.4) is 0 Å². The van der Waals surface area contributed by atoms with Crippen LogP contribution in [0, 0.1) is 0 Å². The molecule has 0 saturated heterocycles. The number of aryl methyl sites for hydroxylation is 1. The molecule has 30 heavy (non-hydrogen) atoms. The highest BCUT2D eigenvalue weighted by molar-refractivity contribution is 7.14. The van der Waals surface area contributed by atoms with Gasteiger partial charge in [0.1, 0.15) is 0 Å². The number of thiazole rings is 1. The topological polar surface area (TPSA) is 85.0 Å². The standard InChI is InChI=1S/C22H19N5O2S/c1-2-13-27(22-24-18(15-30-22)16-7-4-3-5-8-16)20(28)11-10-19-25-21(26-29-19)17-9-6-12-23-14-17/h2-9,12,14-15H,1,10-11,13H2. The van der Waals surface area contributed by atoms with Gasteiger partial charge in [0.25, 0.3) is 0 Å². The van der Waals surface area contributed by atoms with E-state index < -0.39 is 0 Å². The van der Waals surface area contributed by atoms with E-state index in [0.29, 0.717) is 29.8 Å². The van der Waals surface area contributed by atoms with Gasteiger partial charge in [-0.2, -0.15) is 4.98 Å². The van der Waals surface area contributed by atoms with E-state index >= 15 is 0 Å². The van der Waals surface area contributed by atoms with E-state index in [2.05, 4.69) is 26.7 Å². The Labute approximate surface area is 177 Å². The van der Waals surface area contributed by atoms with Crippen LogP contribution in [0.1, 0.15) is 12.3 Å². The maximum absolute atomic E-state index is 12.9. The molecular weight excluding hydrogens is 398 g/mol. The Hall–Kier alpha value is -3.65. The number of aromatic nitrogens is 4. The second kappa shape index (κ2) is 9.23. The Morgan fingerprint density at radius 2 is 1.97 bits per heavy atom. The molecule has 150 valence electrons. The second-order valence-electron chi connectivity index (χ2n) is 6.43. The Morgan fingerprint density at radius 1 is 1.13 bits per heavy atom. The number of pyridine rings is 1. The van der Waals surface area contributed by atoms with Crippen molar-refractivity contribution in [2.75, 3.05) is 11.4 Å². The van der Waals surface area contributed by atoms with Crippen molar-refractivity contribution in [2.45, 2.75) is 12.8 Å². The molecule has 0 radical (unpaired) electrons.